The Morgan fingerprint density at radius 2 is 2.33 bits per heavy atom. The van der Waals surface area contributed by atoms with Crippen molar-refractivity contribution >= 4 is 33.2 Å². The molecule has 0 amide bonds. The molecule has 4 rings (SSSR count). The fraction of sp³-hybridized carbons (Fsp3) is 0.467. The zero-order valence-electron chi connectivity index (χ0n) is 11.5. The Hall–Kier alpha value is -1.66. The maximum atomic E-state index is 11.2. The van der Waals surface area contributed by atoms with Crippen LogP contribution < -0.4 is 4.90 Å². The van der Waals surface area contributed by atoms with Gasteiger partial charge in [0, 0.05) is 22.8 Å². The Labute approximate surface area is 125 Å². The van der Waals surface area contributed by atoms with E-state index in [-0.39, 0.29) is 12.6 Å². The number of hydrogen-bond donors (Lipinski definition) is 2. The molecule has 2 fully saturated rings. The van der Waals surface area contributed by atoms with E-state index in [1.807, 2.05) is 6.07 Å². The van der Waals surface area contributed by atoms with Crippen molar-refractivity contribution in [3.8, 4) is 0 Å². The predicted molar refractivity (Wildman–Crippen MR) is 81.1 cm³/mol. The Morgan fingerprint density at radius 3 is 3.00 bits per heavy atom. The second kappa shape index (κ2) is 4.42. The SMILES string of the molecule is O=C(O)c1cc2c(N3CC4(CC4)C[C@H]3CO)nccc2s1. The number of nitrogens with zero attached hydrogens (tertiary/aromatic N) is 2. The first-order valence-electron chi connectivity index (χ1n) is 7.11. The van der Waals surface area contributed by atoms with Gasteiger partial charge in [0.2, 0.25) is 0 Å². The number of aromatic nitrogens is 1. The second-order valence-electron chi connectivity index (χ2n) is 6.13. The van der Waals surface area contributed by atoms with Gasteiger partial charge in [-0.25, -0.2) is 9.78 Å². The average molecular weight is 304 g/mol. The molecule has 2 aliphatic rings. The number of hydrogen-bond acceptors (Lipinski definition) is 5. The number of aliphatic hydroxyl groups is 1. The largest absolute Gasteiger partial charge is 0.477 e. The number of anilines is 1. The number of aliphatic hydroxyl groups excluding tert-OH is 1. The van der Waals surface area contributed by atoms with Crippen molar-refractivity contribution in [2.45, 2.75) is 25.3 Å². The summed E-state index contributed by atoms with van der Waals surface area (Å²) in [6, 6.07) is 3.66. The van der Waals surface area contributed by atoms with E-state index in [4.69, 9.17) is 5.11 Å². The summed E-state index contributed by atoms with van der Waals surface area (Å²) in [4.78, 5) is 18.2. The molecule has 21 heavy (non-hydrogen) atoms. The van der Waals surface area contributed by atoms with Crippen molar-refractivity contribution in [3.63, 3.8) is 0 Å². The number of carboxylic acids is 1. The van der Waals surface area contributed by atoms with Gasteiger partial charge in [0.25, 0.3) is 0 Å². The molecule has 0 bridgehead atoms. The Kier molecular flexibility index (Phi) is 2.74. The number of rotatable bonds is 3. The minimum absolute atomic E-state index is 0.0961. The zero-order chi connectivity index (χ0) is 14.6. The third-order valence-corrected chi connectivity index (χ3v) is 5.78. The van der Waals surface area contributed by atoms with Crippen LogP contribution in [0.2, 0.25) is 0 Å². The summed E-state index contributed by atoms with van der Waals surface area (Å²) in [6.07, 6.45) is 5.18. The molecule has 1 saturated heterocycles. The molecule has 1 spiro atoms. The van der Waals surface area contributed by atoms with Crippen molar-refractivity contribution in [1.82, 2.24) is 4.98 Å². The van der Waals surface area contributed by atoms with Gasteiger partial charge in [-0.05, 0) is 36.8 Å². The lowest BCUT2D eigenvalue weighted by Gasteiger charge is -2.24. The highest BCUT2D eigenvalue weighted by Gasteiger charge is 2.52. The lowest BCUT2D eigenvalue weighted by atomic mass is 10.0. The average Bonchev–Trinajstić information content (AvgIpc) is 2.94. The number of thiophene rings is 1. The number of pyridine rings is 1. The fourth-order valence-electron chi connectivity index (χ4n) is 3.40. The summed E-state index contributed by atoms with van der Waals surface area (Å²) in [5.41, 5.74) is 0.364. The van der Waals surface area contributed by atoms with E-state index >= 15 is 0 Å². The van der Waals surface area contributed by atoms with E-state index in [9.17, 15) is 9.90 Å². The molecular formula is C15H16N2O3S. The molecule has 0 radical (unpaired) electrons. The molecule has 0 unspecified atom stereocenters. The van der Waals surface area contributed by atoms with Gasteiger partial charge in [-0.1, -0.05) is 0 Å². The van der Waals surface area contributed by atoms with E-state index < -0.39 is 5.97 Å². The summed E-state index contributed by atoms with van der Waals surface area (Å²) in [5.74, 6) is -0.0833. The smallest absolute Gasteiger partial charge is 0.345 e. The van der Waals surface area contributed by atoms with Gasteiger partial charge < -0.3 is 15.1 Å². The Morgan fingerprint density at radius 1 is 1.52 bits per heavy atom. The van der Waals surface area contributed by atoms with E-state index in [0.717, 1.165) is 28.9 Å². The van der Waals surface area contributed by atoms with Crippen LogP contribution in [0.3, 0.4) is 0 Å². The predicted octanol–water partition coefficient (Wildman–Crippen LogP) is 2.35. The topological polar surface area (TPSA) is 73.7 Å². The summed E-state index contributed by atoms with van der Waals surface area (Å²) >= 11 is 1.27. The zero-order valence-corrected chi connectivity index (χ0v) is 12.3. The van der Waals surface area contributed by atoms with E-state index in [1.54, 1.807) is 12.3 Å². The first-order chi connectivity index (χ1) is 10.1. The van der Waals surface area contributed by atoms with Crippen molar-refractivity contribution in [1.29, 1.82) is 0 Å². The van der Waals surface area contributed by atoms with Gasteiger partial charge in [0.1, 0.15) is 10.7 Å². The van der Waals surface area contributed by atoms with Crippen LogP contribution in [-0.2, 0) is 0 Å². The molecular weight excluding hydrogens is 288 g/mol. The van der Waals surface area contributed by atoms with E-state index in [0.29, 0.717) is 10.3 Å². The van der Waals surface area contributed by atoms with Gasteiger partial charge in [0.15, 0.2) is 0 Å². The highest BCUT2D eigenvalue weighted by atomic mass is 32.1. The van der Waals surface area contributed by atoms with Crippen LogP contribution in [0.4, 0.5) is 5.82 Å². The lowest BCUT2D eigenvalue weighted by molar-refractivity contribution is 0.0702. The summed E-state index contributed by atoms with van der Waals surface area (Å²) < 4.78 is 0.936. The Balaban J connectivity index is 1.80. The fourth-order valence-corrected chi connectivity index (χ4v) is 4.29. The first-order valence-corrected chi connectivity index (χ1v) is 7.93. The van der Waals surface area contributed by atoms with Crippen LogP contribution in [0.25, 0.3) is 10.1 Å². The standard InChI is InChI=1S/C15H16N2O3S/c18-7-9-6-15(2-3-15)8-17(9)13-10-5-12(14(19)20)21-11(10)1-4-16-13/h1,4-5,9,18H,2-3,6-8H2,(H,19,20)/t9-/m0/s1. The van der Waals surface area contributed by atoms with E-state index in [1.165, 1.54) is 24.2 Å². The van der Waals surface area contributed by atoms with Crippen LogP contribution in [0, 0.1) is 5.41 Å². The van der Waals surface area contributed by atoms with Crippen LogP contribution in [0.5, 0.6) is 0 Å². The molecule has 5 nitrogen and oxygen atoms in total. The van der Waals surface area contributed by atoms with Crippen molar-refractivity contribution < 1.29 is 15.0 Å². The maximum absolute atomic E-state index is 11.2. The van der Waals surface area contributed by atoms with Crippen molar-refractivity contribution in [3.05, 3.63) is 23.2 Å². The maximum Gasteiger partial charge on any atom is 0.345 e. The number of aromatic carboxylic acids is 1. The lowest BCUT2D eigenvalue weighted by Crippen LogP contribution is -2.33. The van der Waals surface area contributed by atoms with Crippen molar-refractivity contribution in [2.24, 2.45) is 5.41 Å². The van der Waals surface area contributed by atoms with Crippen LogP contribution in [0.1, 0.15) is 28.9 Å². The molecule has 0 aromatic carbocycles. The van der Waals surface area contributed by atoms with Crippen LogP contribution in [-0.4, -0.2) is 40.4 Å². The summed E-state index contributed by atoms with van der Waals surface area (Å²) in [7, 11) is 0. The normalized spacial score (nSPS) is 23.1. The quantitative estimate of drug-likeness (QED) is 0.910. The van der Waals surface area contributed by atoms with Crippen LogP contribution >= 0.6 is 11.3 Å². The van der Waals surface area contributed by atoms with Gasteiger partial charge in [-0.2, -0.15) is 0 Å². The highest BCUT2D eigenvalue weighted by molar-refractivity contribution is 7.20. The molecule has 1 saturated carbocycles. The number of carboxylic acid groups (broad SMARTS) is 1. The molecule has 1 aliphatic carbocycles. The molecule has 2 aromatic rings. The van der Waals surface area contributed by atoms with Gasteiger partial charge in [0.05, 0.1) is 12.6 Å². The number of carbonyl (C=O) groups is 1. The van der Waals surface area contributed by atoms with Gasteiger partial charge in [-0.15, -0.1) is 11.3 Å². The molecule has 2 aromatic heterocycles. The molecule has 3 heterocycles. The highest BCUT2D eigenvalue weighted by Crippen LogP contribution is 2.55. The Bertz CT molecular complexity index is 723. The third-order valence-electron chi connectivity index (χ3n) is 4.69. The first kappa shape index (κ1) is 13.0. The van der Waals surface area contributed by atoms with Crippen LogP contribution in [0.15, 0.2) is 18.3 Å². The van der Waals surface area contributed by atoms with E-state index in [2.05, 4.69) is 9.88 Å². The van der Waals surface area contributed by atoms with Gasteiger partial charge in [-0.3, -0.25) is 0 Å². The summed E-state index contributed by atoms with van der Waals surface area (Å²) in [6.45, 7) is 1.04. The molecule has 110 valence electrons. The monoisotopic (exact) mass is 304 g/mol. The molecule has 2 N–H and O–H groups in total. The molecule has 1 atom stereocenters. The third kappa shape index (κ3) is 2.01. The molecule has 1 aliphatic heterocycles. The van der Waals surface area contributed by atoms with Gasteiger partial charge >= 0.3 is 5.97 Å². The van der Waals surface area contributed by atoms with Crippen molar-refractivity contribution in [2.75, 3.05) is 18.1 Å². The molecule has 6 heteroatoms. The minimum Gasteiger partial charge on any atom is -0.477 e. The minimum atomic E-state index is -0.902. The summed E-state index contributed by atoms with van der Waals surface area (Å²) in [5, 5.41) is 19.7. The second-order valence-corrected chi connectivity index (χ2v) is 7.21. The number of fused-ring (bicyclic) bond motifs is 1.